The summed E-state index contributed by atoms with van der Waals surface area (Å²) in [6, 6.07) is 9.00. The Balaban J connectivity index is 2.10. The van der Waals surface area contributed by atoms with Crippen LogP contribution in [0.3, 0.4) is 0 Å². The lowest BCUT2D eigenvalue weighted by molar-refractivity contribution is 0.312. The van der Waals surface area contributed by atoms with Gasteiger partial charge in [-0.2, -0.15) is 0 Å². The topological polar surface area (TPSA) is 64.1 Å². The van der Waals surface area contributed by atoms with Crippen molar-refractivity contribution in [2.24, 2.45) is 17.4 Å². The van der Waals surface area contributed by atoms with Gasteiger partial charge in [0, 0.05) is 12.6 Å². The number of benzene rings is 1. The van der Waals surface area contributed by atoms with Crippen LogP contribution in [0.15, 0.2) is 24.3 Å². The van der Waals surface area contributed by atoms with E-state index in [4.69, 9.17) is 11.5 Å². The summed E-state index contributed by atoms with van der Waals surface area (Å²) in [6.45, 7) is 2.48. The van der Waals surface area contributed by atoms with Crippen LogP contribution in [0.25, 0.3) is 0 Å². The third kappa shape index (κ3) is 2.61. The molecule has 2 rings (SSSR count). The lowest BCUT2D eigenvalue weighted by Crippen LogP contribution is -2.34. The Bertz CT molecular complexity index is 338. The zero-order valence-electron chi connectivity index (χ0n) is 9.65. The molecule has 5 N–H and O–H groups in total. The maximum absolute atomic E-state index is 5.75. The van der Waals surface area contributed by atoms with E-state index in [0.717, 1.165) is 19.5 Å². The molecule has 1 fully saturated rings. The standard InChI is InChI=1S/C13H21N3/c14-8-10-2-1-3-12(6-10)13-7-11(9-15)4-5-16-13/h1-3,6,11,13,16H,4-5,7-9,14-15H2. The van der Waals surface area contributed by atoms with Crippen LogP contribution in [0, 0.1) is 5.92 Å². The van der Waals surface area contributed by atoms with Gasteiger partial charge in [0.25, 0.3) is 0 Å². The molecule has 2 unspecified atom stereocenters. The fraction of sp³-hybridized carbons (Fsp3) is 0.538. The van der Waals surface area contributed by atoms with Crippen LogP contribution >= 0.6 is 0 Å². The Morgan fingerprint density at radius 2 is 2.19 bits per heavy atom. The Morgan fingerprint density at radius 1 is 1.31 bits per heavy atom. The second-order valence-electron chi connectivity index (χ2n) is 4.58. The van der Waals surface area contributed by atoms with Crippen molar-refractivity contribution in [3.8, 4) is 0 Å². The predicted molar refractivity (Wildman–Crippen MR) is 66.9 cm³/mol. The average Bonchev–Trinajstić information content (AvgIpc) is 2.39. The van der Waals surface area contributed by atoms with Crippen molar-refractivity contribution in [2.75, 3.05) is 13.1 Å². The molecule has 88 valence electrons. The first kappa shape index (κ1) is 11.6. The molecule has 3 heteroatoms. The van der Waals surface area contributed by atoms with Crippen LogP contribution in [-0.4, -0.2) is 13.1 Å². The number of nitrogens with one attached hydrogen (secondary N) is 1. The first-order valence-electron chi connectivity index (χ1n) is 6.06. The van der Waals surface area contributed by atoms with Gasteiger partial charge in [-0.15, -0.1) is 0 Å². The molecule has 0 aliphatic carbocycles. The third-order valence-corrected chi connectivity index (χ3v) is 3.43. The maximum atomic E-state index is 5.75. The van der Waals surface area contributed by atoms with Crippen molar-refractivity contribution in [3.63, 3.8) is 0 Å². The van der Waals surface area contributed by atoms with Crippen molar-refractivity contribution in [1.29, 1.82) is 0 Å². The Morgan fingerprint density at radius 3 is 2.94 bits per heavy atom. The van der Waals surface area contributed by atoms with Gasteiger partial charge in [-0.25, -0.2) is 0 Å². The highest BCUT2D eigenvalue weighted by Crippen LogP contribution is 2.26. The van der Waals surface area contributed by atoms with E-state index >= 15 is 0 Å². The van der Waals surface area contributed by atoms with Crippen LogP contribution in [0.4, 0.5) is 0 Å². The van der Waals surface area contributed by atoms with E-state index in [2.05, 4.69) is 29.6 Å². The Kier molecular flexibility index (Phi) is 3.93. The molecule has 2 atom stereocenters. The van der Waals surface area contributed by atoms with E-state index in [1.165, 1.54) is 17.5 Å². The average molecular weight is 219 g/mol. The van der Waals surface area contributed by atoms with Crippen LogP contribution in [0.2, 0.25) is 0 Å². The molecule has 0 aromatic heterocycles. The number of hydrogen-bond donors (Lipinski definition) is 3. The van der Waals surface area contributed by atoms with Crippen molar-refractivity contribution in [3.05, 3.63) is 35.4 Å². The molecule has 0 bridgehead atoms. The van der Waals surface area contributed by atoms with Gasteiger partial charge in [-0.05, 0) is 43.0 Å². The van der Waals surface area contributed by atoms with Crippen molar-refractivity contribution in [2.45, 2.75) is 25.4 Å². The Hall–Kier alpha value is -0.900. The minimum Gasteiger partial charge on any atom is -0.330 e. The van der Waals surface area contributed by atoms with Crippen LogP contribution in [0.1, 0.15) is 30.0 Å². The smallest absolute Gasteiger partial charge is 0.0323 e. The van der Waals surface area contributed by atoms with E-state index < -0.39 is 0 Å². The summed E-state index contributed by atoms with van der Waals surface area (Å²) in [4.78, 5) is 0. The first-order valence-corrected chi connectivity index (χ1v) is 6.06. The van der Waals surface area contributed by atoms with Gasteiger partial charge >= 0.3 is 0 Å². The summed E-state index contributed by atoms with van der Waals surface area (Å²) in [7, 11) is 0. The molecular formula is C13H21N3. The SMILES string of the molecule is NCc1cccc(C2CC(CN)CCN2)c1. The fourth-order valence-corrected chi connectivity index (χ4v) is 2.40. The van der Waals surface area contributed by atoms with E-state index in [1.54, 1.807) is 0 Å². The molecule has 1 saturated heterocycles. The number of hydrogen-bond acceptors (Lipinski definition) is 3. The molecule has 3 nitrogen and oxygen atoms in total. The van der Waals surface area contributed by atoms with Gasteiger partial charge in [0.05, 0.1) is 0 Å². The molecule has 1 heterocycles. The Labute approximate surface area is 97.2 Å². The first-order chi connectivity index (χ1) is 7.83. The summed E-state index contributed by atoms with van der Waals surface area (Å²) >= 11 is 0. The van der Waals surface area contributed by atoms with E-state index in [1.807, 2.05) is 0 Å². The molecule has 0 saturated carbocycles. The lowest BCUT2D eigenvalue weighted by Gasteiger charge is -2.30. The molecule has 0 radical (unpaired) electrons. The summed E-state index contributed by atoms with van der Waals surface area (Å²) in [5, 5.41) is 3.55. The molecule has 16 heavy (non-hydrogen) atoms. The van der Waals surface area contributed by atoms with Crippen LogP contribution < -0.4 is 16.8 Å². The van der Waals surface area contributed by atoms with Gasteiger partial charge in [0.1, 0.15) is 0 Å². The van der Waals surface area contributed by atoms with Crippen molar-refractivity contribution < 1.29 is 0 Å². The zero-order valence-corrected chi connectivity index (χ0v) is 9.65. The number of rotatable bonds is 3. The maximum Gasteiger partial charge on any atom is 0.0323 e. The molecule has 1 aliphatic heterocycles. The van der Waals surface area contributed by atoms with Crippen LogP contribution in [0.5, 0.6) is 0 Å². The minimum atomic E-state index is 0.453. The summed E-state index contributed by atoms with van der Waals surface area (Å²) < 4.78 is 0. The summed E-state index contributed by atoms with van der Waals surface area (Å²) in [5.74, 6) is 0.660. The highest BCUT2D eigenvalue weighted by molar-refractivity contribution is 5.26. The minimum absolute atomic E-state index is 0.453. The van der Waals surface area contributed by atoms with Crippen LogP contribution in [-0.2, 0) is 6.54 Å². The molecule has 1 aromatic rings. The normalized spacial score (nSPS) is 25.6. The second kappa shape index (κ2) is 5.43. The summed E-state index contributed by atoms with van der Waals surface area (Å²) in [6.07, 6.45) is 2.34. The fourth-order valence-electron chi connectivity index (χ4n) is 2.40. The highest BCUT2D eigenvalue weighted by Gasteiger charge is 2.21. The van der Waals surface area contributed by atoms with Gasteiger partial charge < -0.3 is 16.8 Å². The second-order valence-corrected chi connectivity index (χ2v) is 4.58. The van der Waals surface area contributed by atoms with E-state index in [9.17, 15) is 0 Å². The monoisotopic (exact) mass is 219 g/mol. The zero-order chi connectivity index (χ0) is 11.4. The number of nitrogens with two attached hydrogens (primary N) is 2. The molecular weight excluding hydrogens is 198 g/mol. The quantitative estimate of drug-likeness (QED) is 0.714. The number of piperidine rings is 1. The van der Waals surface area contributed by atoms with E-state index in [-0.39, 0.29) is 0 Å². The highest BCUT2D eigenvalue weighted by atomic mass is 14.9. The molecule has 0 amide bonds. The summed E-state index contributed by atoms with van der Waals surface area (Å²) in [5.41, 5.74) is 14.0. The van der Waals surface area contributed by atoms with Gasteiger partial charge in [0.2, 0.25) is 0 Å². The lowest BCUT2D eigenvalue weighted by atomic mass is 9.88. The van der Waals surface area contributed by atoms with Gasteiger partial charge in [-0.1, -0.05) is 24.3 Å². The molecule has 0 spiro atoms. The van der Waals surface area contributed by atoms with Gasteiger partial charge in [-0.3, -0.25) is 0 Å². The van der Waals surface area contributed by atoms with Crippen molar-refractivity contribution >= 4 is 0 Å². The van der Waals surface area contributed by atoms with E-state index in [0.29, 0.717) is 18.5 Å². The van der Waals surface area contributed by atoms with Gasteiger partial charge in [0.15, 0.2) is 0 Å². The van der Waals surface area contributed by atoms with Crippen molar-refractivity contribution in [1.82, 2.24) is 5.32 Å². The molecule has 1 aromatic carbocycles. The molecule has 1 aliphatic rings. The third-order valence-electron chi connectivity index (χ3n) is 3.43. The predicted octanol–water partition coefficient (Wildman–Crippen LogP) is 1.14. The largest absolute Gasteiger partial charge is 0.330 e.